The Morgan fingerprint density at radius 2 is 1.52 bits per heavy atom. The Morgan fingerprint density at radius 1 is 0.889 bits per heavy atom. The van der Waals surface area contributed by atoms with Crippen molar-refractivity contribution in [3.8, 4) is 0 Å². The molecule has 0 saturated heterocycles. The lowest BCUT2D eigenvalue weighted by atomic mass is 9.73. The Morgan fingerprint density at radius 3 is 2.00 bits per heavy atom. The van der Waals surface area contributed by atoms with E-state index in [0.717, 1.165) is 6.42 Å². The summed E-state index contributed by atoms with van der Waals surface area (Å²) in [5.41, 5.74) is 10.1. The maximum absolute atomic E-state index is 4.24. The normalized spacial score (nSPS) is 13.5. The van der Waals surface area contributed by atoms with E-state index in [4.69, 9.17) is 0 Å². The predicted molar refractivity (Wildman–Crippen MR) is 121 cm³/mol. The highest BCUT2D eigenvalue weighted by molar-refractivity contribution is 5.52. The molecule has 0 heterocycles. The van der Waals surface area contributed by atoms with Crippen LogP contribution in [0.25, 0.3) is 0 Å². The molecule has 0 bridgehead atoms. The van der Waals surface area contributed by atoms with E-state index < -0.39 is 0 Å². The highest BCUT2D eigenvalue weighted by atomic mass is 14.3. The van der Waals surface area contributed by atoms with Gasteiger partial charge in [0, 0.05) is 5.92 Å². The van der Waals surface area contributed by atoms with Crippen LogP contribution in [0.3, 0.4) is 0 Å². The van der Waals surface area contributed by atoms with E-state index in [-0.39, 0.29) is 16.7 Å². The lowest BCUT2D eigenvalue weighted by molar-refractivity contribution is 0.561. The van der Waals surface area contributed by atoms with Gasteiger partial charge in [-0.05, 0) is 64.5 Å². The summed E-state index contributed by atoms with van der Waals surface area (Å²) in [6.45, 7) is 24.9. The molecule has 0 saturated carbocycles. The first kappa shape index (κ1) is 21.5. The van der Waals surface area contributed by atoms with Crippen molar-refractivity contribution in [1.82, 2.24) is 0 Å². The van der Waals surface area contributed by atoms with Crippen molar-refractivity contribution in [1.29, 1.82) is 0 Å². The second-order valence-corrected chi connectivity index (χ2v) is 10.0. The summed E-state index contributed by atoms with van der Waals surface area (Å²) in [4.78, 5) is 0. The third-order valence-electron chi connectivity index (χ3n) is 5.65. The van der Waals surface area contributed by atoms with Gasteiger partial charge in [0.25, 0.3) is 0 Å². The Hall–Kier alpha value is -1.82. The van der Waals surface area contributed by atoms with Crippen LogP contribution in [0, 0.1) is 13.8 Å². The maximum atomic E-state index is 4.24. The van der Waals surface area contributed by atoms with Gasteiger partial charge in [0.15, 0.2) is 0 Å². The monoisotopic (exact) mass is 362 g/mol. The van der Waals surface area contributed by atoms with Gasteiger partial charge < -0.3 is 0 Å². The fraction of sp³-hybridized carbons (Fsp3) is 0.481. The molecule has 0 nitrogen and oxygen atoms in total. The topological polar surface area (TPSA) is 0 Å². The molecule has 0 fully saturated rings. The Balaban J connectivity index is 2.87. The summed E-state index contributed by atoms with van der Waals surface area (Å²) in [5.74, 6) is 0.225. The first-order chi connectivity index (χ1) is 12.4. The zero-order valence-corrected chi connectivity index (χ0v) is 19.0. The summed E-state index contributed by atoms with van der Waals surface area (Å²) in [6, 6.07) is 11.7. The minimum atomic E-state index is 0.119. The Labute approximate surface area is 167 Å². The summed E-state index contributed by atoms with van der Waals surface area (Å²) in [6.07, 6.45) is 3.18. The van der Waals surface area contributed by atoms with Gasteiger partial charge in [0.1, 0.15) is 0 Å². The average molecular weight is 363 g/mol. The number of hydrogen-bond donors (Lipinski definition) is 0. The molecule has 1 atom stereocenters. The molecule has 0 aromatic heterocycles. The van der Waals surface area contributed by atoms with Gasteiger partial charge in [-0.2, -0.15) is 0 Å². The molecule has 0 radical (unpaired) electrons. The minimum absolute atomic E-state index is 0.119. The van der Waals surface area contributed by atoms with Gasteiger partial charge in [-0.15, -0.1) is 6.58 Å². The van der Waals surface area contributed by atoms with Crippen LogP contribution < -0.4 is 0 Å². The minimum Gasteiger partial charge on any atom is -0.102 e. The molecule has 0 aliphatic carbocycles. The molecule has 1 unspecified atom stereocenters. The van der Waals surface area contributed by atoms with Crippen LogP contribution in [-0.2, 0) is 17.3 Å². The third kappa shape index (κ3) is 4.54. The van der Waals surface area contributed by atoms with Crippen molar-refractivity contribution in [2.75, 3.05) is 0 Å². The average Bonchev–Trinajstić information content (AvgIpc) is 2.56. The number of rotatable bonds is 4. The van der Waals surface area contributed by atoms with Gasteiger partial charge in [-0.1, -0.05) is 90.4 Å². The number of allylic oxidation sites excluding steroid dienone is 1. The van der Waals surface area contributed by atoms with Crippen molar-refractivity contribution in [2.24, 2.45) is 0 Å². The molecular formula is C27H38. The lowest BCUT2D eigenvalue weighted by Crippen LogP contribution is -2.21. The first-order valence-corrected chi connectivity index (χ1v) is 10.3. The molecule has 0 N–H and O–H groups in total. The Bertz CT molecular complexity index is 822. The molecular weight excluding hydrogens is 324 g/mol. The molecule has 0 amide bonds. The molecule has 2 aromatic carbocycles. The fourth-order valence-corrected chi connectivity index (χ4v) is 3.99. The molecule has 0 aliphatic heterocycles. The van der Waals surface area contributed by atoms with Crippen molar-refractivity contribution in [3.05, 3.63) is 81.9 Å². The highest BCUT2D eigenvalue weighted by Crippen LogP contribution is 2.39. The fourth-order valence-electron chi connectivity index (χ4n) is 3.99. The van der Waals surface area contributed by atoms with Crippen molar-refractivity contribution < 1.29 is 0 Å². The molecule has 2 aromatic rings. The van der Waals surface area contributed by atoms with Crippen LogP contribution >= 0.6 is 0 Å². The largest absolute Gasteiger partial charge is 0.102 e. The maximum Gasteiger partial charge on any atom is 0.0272 e. The summed E-state index contributed by atoms with van der Waals surface area (Å²) < 4.78 is 0. The van der Waals surface area contributed by atoms with Gasteiger partial charge in [-0.25, -0.2) is 0 Å². The predicted octanol–water partition coefficient (Wildman–Crippen LogP) is 7.78. The van der Waals surface area contributed by atoms with E-state index in [9.17, 15) is 0 Å². The summed E-state index contributed by atoms with van der Waals surface area (Å²) in [5, 5.41) is 0. The summed E-state index contributed by atoms with van der Waals surface area (Å²) in [7, 11) is 0. The van der Waals surface area contributed by atoms with E-state index in [1.54, 1.807) is 0 Å². The van der Waals surface area contributed by atoms with E-state index in [1.807, 2.05) is 0 Å². The SMILES string of the molecule is C=CC(c1cc(C)ccc1C)c1cc(C(C)(C)C)cc(C(C)(C)C)c1CC. The molecule has 2 rings (SSSR count). The van der Waals surface area contributed by atoms with Crippen LogP contribution in [0.15, 0.2) is 43.0 Å². The highest BCUT2D eigenvalue weighted by Gasteiger charge is 2.27. The quantitative estimate of drug-likeness (QED) is 0.487. The van der Waals surface area contributed by atoms with Crippen LogP contribution in [0.4, 0.5) is 0 Å². The third-order valence-corrected chi connectivity index (χ3v) is 5.65. The van der Waals surface area contributed by atoms with Gasteiger partial charge in [0.2, 0.25) is 0 Å². The van der Waals surface area contributed by atoms with Gasteiger partial charge >= 0.3 is 0 Å². The van der Waals surface area contributed by atoms with Crippen molar-refractivity contribution in [3.63, 3.8) is 0 Å². The van der Waals surface area contributed by atoms with E-state index >= 15 is 0 Å². The van der Waals surface area contributed by atoms with Crippen LogP contribution in [0.1, 0.15) is 93.3 Å². The molecule has 27 heavy (non-hydrogen) atoms. The molecule has 0 aliphatic rings. The molecule has 146 valence electrons. The van der Waals surface area contributed by atoms with Gasteiger partial charge in [0.05, 0.1) is 0 Å². The zero-order chi connectivity index (χ0) is 20.6. The van der Waals surface area contributed by atoms with Crippen LogP contribution in [-0.4, -0.2) is 0 Å². The standard InChI is InChI=1S/C27H38/c1-11-21(23-15-18(3)13-14-19(23)4)24-16-20(26(5,6)7)17-25(22(24)12-2)27(8,9)10/h11,13-17,21H,1,12H2,2-10H3. The Kier molecular flexibility index (Phi) is 6.10. The van der Waals surface area contributed by atoms with E-state index in [2.05, 4.69) is 105 Å². The number of aryl methyl sites for hydroxylation is 2. The second kappa shape index (κ2) is 7.66. The first-order valence-electron chi connectivity index (χ1n) is 10.3. The number of benzene rings is 2. The van der Waals surface area contributed by atoms with E-state index in [1.165, 1.54) is 38.9 Å². The van der Waals surface area contributed by atoms with Crippen LogP contribution in [0.5, 0.6) is 0 Å². The van der Waals surface area contributed by atoms with E-state index in [0.29, 0.717) is 0 Å². The van der Waals surface area contributed by atoms with Crippen LogP contribution in [0.2, 0.25) is 0 Å². The second-order valence-electron chi connectivity index (χ2n) is 10.0. The lowest BCUT2D eigenvalue weighted by Gasteiger charge is -2.31. The smallest absolute Gasteiger partial charge is 0.0272 e. The molecule has 0 spiro atoms. The summed E-state index contributed by atoms with van der Waals surface area (Å²) >= 11 is 0. The van der Waals surface area contributed by atoms with Gasteiger partial charge in [-0.3, -0.25) is 0 Å². The van der Waals surface area contributed by atoms with Crippen molar-refractivity contribution >= 4 is 0 Å². The zero-order valence-electron chi connectivity index (χ0n) is 19.0. The molecule has 0 heteroatoms. The van der Waals surface area contributed by atoms with Crippen molar-refractivity contribution in [2.45, 2.75) is 85.5 Å². The number of hydrogen-bond acceptors (Lipinski definition) is 0.